The van der Waals surface area contributed by atoms with Crippen LogP contribution in [0.5, 0.6) is 5.75 Å². The van der Waals surface area contributed by atoms with Crippen LogP contribution in [0.4, 0.5) is 17.5 Å². The highest BCUT2D eigenvalue weighted by molar-refractivity contribution is 5.69. The van der Waals surface area contributed by atoms with Crippen LogP contribution in [-0.4, -0.2) is 23.1 Å². The molecule has 0 bridgehead atoms. The molecule has 5 heteroatoms. The van der Waals surface area contributed by atoms with Gasteiger partial charge in [-0.3, -0.25) is 0 Å². The molecule has 3 aromatic rings. The molecule has 0 fully saturated rings. The second kappa shape index (κ2) is 8.67. The van der Waals surface area contributed by atoms with E-state index in [4.69, 9.17) is 4.74 Å². The zero-order chi connectivity index (χ0) is 18.2. The lowest BCUT2D eigenvalue weighted by Gasteiger charge is -2.13. The van der Waals surface area contributed by atoms with Gasteiger partial charge in [-0.05, 0) is 19.1 Å². The van der Waals surface area contributed by atoms with Crippen LogP contribution in [0.3, 0.4) is 0 Å². The van der Waals surface area contributed by atoms with Crippen LogP contribution in [0.25, 0.3) is 11.3 Å². The second-order valence-electron chi connectivity index (χ2n) is 5.55. The Hall–Kier alpha value is -3.34. The van der Waals surface area contributed by atoms with Gasteiger partial charge in [-0.25, -0.2) is 4.98 Å². The molecule has 1 aromatic heterocycles. The van der Waals surface area contributed by atoms with Crippen molar-refractivity contribution in [2.24, 2.45) is 0 Å². The van der Waals surface area contributed by atoms with Gasteiger partial charge in [-0.1, -0.05) is 48.5 Å². The Morgan fingerprint density at radius 2 is 1.81 bits per heavy atom. The monoisotopic (exact) mass is 346 g/mol. The number of nitrogens with zero attached hydrogens (tertiary/aromatic N) is 2. The van der Waals surface area contributed by atoms with Gasteiger partial charge in [0.2, 0.25) is 5.95 Å². The predicted molar refractivity (Wildman–Crippen MR) is 107 cm³/mol. The van der Waals surface area contributed by atoms with Crippen molar-refractivity contribution in [3.8, 4) is 17.0 Å². The zero-order valence-corrected chi connectivity index (χ0v) is 14.8. The number of aromatic nitrogens is 2. The van der Waals surface area contributed by atoms with Crippen molar-refractivity contribution in [3.63, 3.8) is 0 Å². The van der Waals surface area contributed by atoms with Crippen molar-refractivity contribution >= 4 is 17.5 Å². The van der Waals surface area contributed by atoms with Gasteiger partial charge in [-0.2, -0.15) is 4.98 Å². The molecule has 0 aliphatic rings. The summed E-state index contributed by atoms with van der Waals surface area (Å²) in [4.78, 5) is 9.16. The average molecular weight is 346 g/mol. The third-order valence-electron chi connectivity index (χ3n) is 3.65. The first-order valence-electron chi connectivity index (χ1n) is 8.58. The highest BCUT2D eigenvalue weighted by Gasteiger charge is 2.09. The van der Waals surface area contributed by atoms with Gasteiger partial charge in [0.15, 0.2) is 0 Å². The van der Waals surface area contributed by atoms with Crippen LogP contribution in [0.1, 0.15) is 6.92 Å². The molecule has 0 radical (unpaired) electrons. The van der Waals surface area contributed by atoms with Crippen LogP contribution >= 0.6 is 0 Å². The third kappa shape index (κ3) is 4.39. The highest BCUT2D eigenvalue weighted by atomic mass is 16.5. The predicted octanol–water partition coefficient (Wildman–Crippen LogP) is 4.88. The Balaban J connectivity index is 1.96. The summed E-state index contributed by atoms with van der Waals surface area (Å²) in [6, 6.07) is 19.8. The summed E-state index contributed by atoms with van der Waals surface area (Å²) < 4.78 is 5.68. The molecule has 0 aliphatic carbocycles. The second-order valence-corrected chi connectivity index (χ2v) is 5.55. The Bertz CT molecular complexity index is 865. The zero-order valence-electron chi connectivity index (χ0n) is 14.8. The van der Waals surface area contributed by atoms with Crippen molar-refractivity contribution in [3.05, 3.63) is 73.3 Å². The maximum atomic E-state index is 5.68. The number of rotatable bonds is 8. The number of nitrogens with one attached hydrogen (secondary N) is 2. The quantitative estimate of drug-likeness (QED) is 0.569. The summed E-state index contributed by atoms with van der Waals surface area (Å²) in [5.74, 6) is 2.02. The molecule has 1 heterocycles. The lowest BCUT2D eigenvalue weighted by molar-refractivity contribution is 0.342. The lowest BCUT2D eigenvalue weighted by atomic mass is 10.1. The van der Waals surface area contributed by atoms with Gasteiger partial charge in [-0.15, -0.1) is 6.58 Å². The topological polar surface area (TPSA) is 59.1 Å². The molecule has 0 saturated carbocycles. The Labute approximate surface area is 153 Å². The molecule has 0 amide bonds. The Morgan fingerprint density at radius 1 is 1.04 bits per heavy atom. The van der Waals surface area contributed by atoms with Gasteiger partial charge in [0, 0.05) is 18.2 Å². The van der Waals surface area contributed by atoms with E-state index in [1.165, 1.54) is 0 Å². The molecule has 2 N–H and O–H groups in total. The van der Waals surface area contributed by atoms with Gasteiger partial charge >= 0.3 is 0 Å². The first-order chi connectivity index (χ1) is 12.8. The molecule has 0 unspecified atom stereocenters. The first-order valence-corrected chi connectivity index (χ1v) is 8.58. The summed E-state index contributed by atoms with van der Waals surface area (Å²) in [7, 11) is 0. The van der Waals surface area contributed by atoms with Crippen LogP contribution in [0.2, 0.25) is 0 Å². The van der Waals surface area contributed by atoms with Crippen LogP contribution in [0.15, 0.2) is 73.3 Å². The van der Waals surface area contributed by atoms with E-state index in [9.17, 15) is 0 Å². The fourth-order valence-corrected chi connectivity index (χ4v) is 2.50. The van der Waals surface area contributed by atoms with E-state index >= 15 is 0 Å². The molecule has 0 aliphatic heterocycles. The molecule has 0 atom stereocenters. The van der Waals surface area contributed by atoms with E-state index in [2.05, 4.69) is 27.2 Å². The first kappa shape index (κ1) is 17.5. The number of anilines is 3. The van der Waals surface area contributed by atoms with Gasteiger partial charge in [0.1, 0.15) is 11.6 Å². The van der Waals surface area contributed by atoms with Crippen LogP contribution in [-0.2, 0) is 0 Å². The van der Waals surface area contributed by atoms with Gasteiger partial charge in [0.05, 0.1) is 18.0 Å². The van der Waals surface area contributed by atoms with E-state index in [0.717, 1.165) is 22.7 Å². The lowest BCUT2D eigenvalue weighted by Crippen LogP contribution is -2.06. The van der Waals surface area contributed by atoms with Gasteiger partial charge < -0.3 is 15.4 Å². The molecular weight excluding hydrogens is 324 g/mol. The summed E-state index contributed by atoms with van der Waals surface area (Å²) in [6.45, 7) is 6.88. The van der Waals surface area contributed by atoms with Crippen LogP contribution in [0, 0.1) is 0 Å². The molecule has 132 valence electrons. The van der Waals surface area contributed by atoms with Crippen molar-refractivity contribution in [1.82, 2.24) is 9.97 Å². The highest BCUT2D eigenvalue weighted by Crippen LogP contribution is 2.29. The number of hydrogen-bond acceptors (Lipinski definition) is 5. The minimum absolute atomic E-state index is 0.544. The van der Waals surface area contributed by atoms with E-state index in [-0.39, 0.29) is 0 Å². The van der Waals surface area contributed by atoms with Crippen molar-refractivity contribution in [1.29, 1.82) is 0 Å². The Kier molecular flexibility index (Phi) is 5.83. The normalized spacial score (nSPS) is 10.2. The maximum absolute atomic E-state index is 5.68. The minimum Gasteiger partial charge on any atom is -0.492 e. The standard InChI is InChI=1S/C21H22N4O/c1-3-14-22-21-24-18(16-10-6-5-7-11-16)15-20(25-21)23-17-12-8-9-13-19(17)26-4-2/h3,5-13,15H,1,4,14H2,2H3,(H2,22,23,24,25). The summed E-state index contributed by atoms with van der Waals surface area (Å²) in [6.07, 6.45) is 1.77. The minimum atomic E-state index is 0.544. The third-order valence-corrected chi connectivity index (χ3v) is 3.65. The molecule has 0 saturated heterocycles. The maximum Gasteiger partial charge on any atom is 0.225 e. The number of benzene rings is 2. The largest absolute Gasteiger partial charge is 0.492 e. The summed E-state index contributed by atoms with van der Waals surface area (Å²) in [5, 5.41) is 6.50. The van der Waals surface area contributed by atoms with Crippen molar-refractivity contribution < 1.29 is 4.74 Å². The van der Waals surface area contributed by atoms with E-state index in [0.29, 0.717) is 24.9 Å². The molecular formula is C21H22N4O. The van der Waals surface area contributed by atoms with Crippen molar-refractivity contribution in [2.75, 3.05) is 23.8 Å². The number of hydrogen-bond donors (Lipinski definition) is 2. The Morgan fingerprint density at radius 3 is 2.58 bits per heavy atom. The van der Waals surface area contributed by atoms with E-state index in [1.54, 1.807) is 6.08 Å². The SMILES string of the molecule is C=CCNc1nc(Nc2ccccc2OCC)cc(-c2ccccc2)n1. The molecule has 0 spiro atoms. The summed E-state index contributed by atoms with van der Waals surface area (Å²) in [5.41, 5.74) is 2.72. The van der Waals surface area contributed by atoms with E-state index in [1.807, 2.05) is 67.6 Å². The fourth-order valence-electron chi connectivity index (χ4n) is 2.50. The summed E-state index contributed by atoms with van der Waals surface area (Å²) >= 11 is 0. The van der Waals surface area contributed by atoms with E-state index < -0.39 is 0 Å². The number of para-hydroxylation sites is 2. The number of ether oxygens (including phenoxy) is 1. The average Bonchev–Trinajstić information content (AvgIpc) is 2.69. The molecule has 5 nitrogen and oxygen atoms in total. The van der Waals surface area contributed by atoms with Crippen LogP contribution < -0.4 is 15.4 Å². The molecule has 26 heavy (non-hydrogen) atoms. The fraction of sp³-hybridized carbons (Fsp3) is 0.143. The van der Waals surface area contributed by atoms with Crippen molar-refractivity contribution in [2.45, 2.75) is 6.92 Å². The smallest absolute Gasteiger partial charge is 0.225 e. The molecule has 2 aromatic carbocycles. The molecule has 3 rings (SSSR count). The van der Waals surface area contributed by atoms with Gasteiger partial charge in [0.25, 0.3) is 0 Å².